The minimum Gasteiger partial charge on any atom is -0.489 e. The molecule has 0 spiro atoms. The van der Waals surface area contributed by atoms with Gasteiger partial charge in [0.25, 0.3) is 0 Å². The molecule has 0 fully saturated rings. The average Bonchev–Trinajstić information content (AvgIpc) is 2.60. The first-order chi connectivity index (χ1) is 12.1. The van der Waals surface area contributed by atoms with Crippen LogP contribution in [0.25, 0.3) is 0 Å². The predicted molar refractivity (Wildman–Crippen MR) is 99.6 cm³/mol. The van der Waals surface area contributed by atoms with Crippen molar-refractivity contribution in [2.75, 3.05) is 5.75 Å². The molecule has 0 atom stereocenters. The molecule has 0 saturated heterocycles. The van der Waals surface area contributed by atoms with Crippen LogP contribution < -0.4 is 14.9 Å². The van der Waals surface area contributed by atoms with Crippen molar-refractivity contribution in [1.82, 2.24) is 10.1 Å². The van der Waals surface area contributed by atoms with Gasteiger partial charge >= 0.3 is 6.03 Å². The third kappa shape index (κ3) is 6.28. The van der Waals surface area contributed by atoms with Gasteiger partial charge in [0.05, 0.1) is 11.2 Å². The van der Waals surface area contributed by atoms with E-state index in [1.807, 2.05) is 6.92 Å². The van der Waals surface area contributed by atoms with Crippen molar-refractivity contribution in [2.24, 2.45) is 5.10 Å². The van der Waals surface area contributed by atoms with Crippen molar-refractivity contribution < 1.29 is 13.9 Å². The van der Waals surface area contributed by atoms with Crippen LogP contribution in [0.15, 0.2) is 47.6 Å². The van der Waals surface area contributed by atoms with Gasteiger partial charge in [-0.05, 0) is 41.8 Å². The number of hydrogen-bond donors (Lipinski definition) is 2. The molecule has 0 aromatic heterocycles. The summed E-state index contributed by atoms with van der Waals surface area (Å²) >= 11 is 7.25. The largest absolute Gasteiger partial charge is 0.489 e. The highest BCUT2D eigenvalue weighted by molar-refractivity contribution is 7.97. The maximum Gasteiger partial charge on any atom is 0.345 e. The van der Waals surface area contributed by atoms with Crippen LogP contribution in [-0.4, -0.2) is 18.0 Å². The Labute approximate surface area is 154 Å². The molecule has 0 aliphatic rings. The topological polar surface area (TPSA) is 62.7 Å². The minimum absolute atomic E-state index is 0.0149. The Morgan fingerprint density at radius 3 is 2.92 bits per heavy atom. The molecule has 0 bridgehead atoms. The van der Waals surface area contributed by atoms with Gasteiger partial charge in [-0.2, -0.15) is 5.10 Å². The van der Waals surface area contributed by atoms with Crippen LogP contribution in [0.1, 0.15) is 18.1 Å². The molecule has 25 heavy (non-hydrogen) atoms. The molecule has 2 N–H and O–H groups in total. The molecule has 0 unspecified atom stereocenters. The number of carbonyl (C=O) groups is 1. The number of urea groups is 1. The Balaban J connectivity index is 1.93. The molecular weight excluding hydrogens is 365 g/mol. The van der Waals surface area contributed by atoms with Gasteiger partial charge in [0.2, 0.25) is 0 Å². The monoisotopic (exact) mass is 381 g/mol. The van der Waals surface area contributed by atoms with Crippen molar-refractivity contribution in [1.29, 1.82) is 0 Å². The van der Waals surface area contributed by atoms with E-state index in [1.165, 1.54) is 24.2 Å². The third-order valence-electron chi connectivity index (χ3n) is 2.99. The van der Waals surface area contributed by atoms with Crippen LogP contribution in [-0.2, 0) is 6.61 Å². The summed E-state index contributed by atoms with van der Waals surface area (Å²) in [5.41, 5.74) is 3.37. The highest BCUT2D eigenvalue weighted by Crippen LogP contribution is 2.21. The summed E-state index contributed by atoms with van der Waals surface area (Å²) in [5.74, 6) is 0.891. The van der Waals surface area contributed by atoms with Gasteiger partial charge in [0.1, 0.15) is 18.2 Å². The zero-order valence-electron chi connectivity index (χ0n) is 13.5. The fraction of sp³-hybridized carbons (Fsp3) is 0.176. The molecule has 0 heterocycles. The van der Waals surface area contributed by atoms with E-state index in [9.17, 15) is 9.18 Å². The van der Waals surface area contributed by atoms with Gasteiger partial charge in [-0.1, -0.05) is 36.7 Å². The number of ether oxygens (including phenoxy) is 1. The van der Waals surface area contributed by atoms with E-state index in [2.05, 4.69) is 15.2 Å². The molecule has 5 nitrogen and oxygen atoms in total. The molecule has 132 valence electrons. The van der Waals surface area contributed by atoms with Crippen molar-refractivity contribution in [3.8, 4) is 5.75 Å². The predicted octanol–water partition coefficient (Wildman–Crippen LogP) is 4.36. The molecule has 2 amide bonds. The van der Waals surface area contributed by atoms with Gasteiger partial charge in [-0.15, -0.1) is 0 Å². The SMILES string of the molecule is CCSNC(=O)N/N=C/c1cccc(OCc2c(F)cccc2Cl)c1. The third-order valence-corrected chi connectivity index (χ3v) is 3.96. The Hall–Kier alpha value is -2.25. The first-order valence-corrected chi connectivity index (χ1v) is 8.83. The second-order valence-electron chi connectivity index (χ2n) is 4.80. The maximum atomic E-state index is 13.7. The number of benzene rings is 2. The van der Waals surface area contributed by atoms with E-state index in [-0.39, 0.29) is 6.61 Å². The van der Waals surface area contributed by atoms with E-state index in [4.69, 9.17) is 16.3 Å². The maximum absolute atomic E-state index is 13.7. The lowest BCUT2D eigenvalue weighted by Gasteiger charge is -2.09. The zero-order chi connectivity index (χ0) is 18.1. The Morgan fingerprint density at radius 2 is 2.16 bits per heavy atom. The van der Waals surface area contributed by atoms with E-state index >= 15 is 0 Å². The van der Waals surface area contributed by atoms with Crippen LogP contribution in [0.5, 0.6) is 5.75 Å². The number of hydrazone groups is 1. The van der Waals surface area contributed by atoms with Gasteiger partial charge in [-0.25, -0.2) is 14.6 Å². The number of amides is 2. The van der Waals surface area contributed by atoms with Gasteiger partial charge < -0.3 is 4.74 Å². The number of rotatable bonds is 7. The number of halogens is 2. The van der Waals surface area contributed by atoms with Crippen LogP contribution in [0, 0.1) is 5.82 Å². The smallest absolute Gasteiger partial charge is 0.345 e. The van der Waals surface area contributed by atoms with E-state index in [1.54, 1.807) is 36.4 Å². The van der Waals surface area contributed by atoms with Crippen molar-refractivity contribution in [3.05, 3.63) is 64.4 Å². The van der Waals surface area contributed by atoms with E-state index < -0.39 is 11.8 Å². The first-order valence-electron chi connectivity index (χ1n) is 7.46. The molecule has 2 aromatic rings. The molecule has 0 saturated carbocycles. The van der Waals surface area contributed by atoms with E-state index in [0.717, 1.165) is 11.3 Å². The second-order valence-corrected chi connectivity index (χ2v) is 6.27. The van der Waals surface area contributed by atoms with Crippen LogP contribution in [0.2, 0.25) is 5.02 Å². The lowest BCUT2D eigenvalue weighted by molar-refractivity contribution is 0.247. The average molecular weight is 382 g/mol. The first kappa shape index (κ1) is 19.1. The van der Waals surface area contributed by atoms with Crippen molar-refractivity contribution >= 4 is 35.8 Å². The number of nitrogens with one attached hydrogen (secondary N) is 2. The number of carbonyl (C=O) groups excluding carboxylic acids is 1. The molecule has 0 aliphatic carbocycles. The Bertz CT molecular complexity index is 738. The zero-order valence-corrected chi connectivity index (χ0v) is 15.0. The molecular formula is C17H17ClFN3O2S. The fourth-order valence-electron chi connectivity index (χ4n) is 1.84. The highest BCUT2D eigenvalue weighted by atomic mass is 35.5. The summed E-state index contributed by atoms with van der Waals surface area (Å²) in [7, 11) is 0. The van der Waals surface area contributed by atoms with Crippen molar-refractivity contribution in [3.63, 3.8) is 0 Å². The molecule has 0 radical (unpaired) electrons. The highest BCUT2D eigenvalue weighted by Gasteiger charge is 2.07. The summed E-state index contributed by atoms with van der Waals surface area (Å²) in [6, 6.07) is 11.1. The lowest BCUT2D eigenvalue weighted by atomic mass is 10.2. The van der Waals surface area contributed by atoms with Crippen molar-refractivity contribution in [2.45, 2.75) is 13.5 Å². The molecule has 0 aliphatic heterocycles. The summed E-state index contributed by atoms with van der Waals surface area (Å²) < 4.78 is 21.9. The molecule has 8 heteroatoms. The summed E-state index contributed by atoms with van der Waals surface area (Å²) in [5, 5.41) is 4.16. The lowest BCUT2D eigenvalue weighted by Crippen LogP contribution is -2.27. The van der Waals surface area contributed by atoms with Crippen LogP contribution in [0.4, 0.5) is 9.18 Å². The standard InChI is InChI=1S/C17H17ClFN3O2S/c1-2-25-22-17(23)21-20-10-12-5-3-6-13(9-12)24-11-14-15(18)7-4-8-16(14)19/h3-10H,2,11H2,1H3,(H2,21,22,23)/b20-10+. The van der Waals surface area contributed by atoms with Gasteiger partial charge in [0, 0.05) is 11.3 Å². The summed E-state index contributed by atoms with van der Waals surface area (Å²) in [6.45, 7) is 1.94. The van der Waals surface area contributed by atoms with E-state index in [0.29, 0.717) is 16.3 Å². The number of hydrogen-bond acceptors (Lipinski definition) is 4. The molecule has 2 rings (SSSR count). The molecule has 2 aromatic carbocycles. The quantitative estimate of drug-likeness (QED) is 0.425. The Morgan fingerprint density at radius 1 is 1.36 bits per heavy atom. The van der Waals surface area contributed by atoms with Gasteiger partial charge in [-0.3, -0.25) is 4.72 Å². The summed E-state index contributed by atoms with van der Waals surface area (Å²) in [6.07, 6.45) is 1.49. The normalized spacial score (nSPS) is 10.7. The van der Waals surface area contributed by atoms with Gasteiger partial charge in [0.15, 0.2) is 0 Å². The minimum atomic E-state index is -0.412. The van der Waals surface area contributed by atoms with Crippen LogP contribution in [0.3, 0.4) is 0 Å². The Kier molecular flexibility index (Phi) is 7.56. The second kappa shape index (κ2) is 9.90. The van der Waals surface area contributed by atoms with Crippen LogP contribution >= 0.6 is 23.5 Å². The summed E-state index contributed by atoms with van der Waals surface area (Å²) in [4.78, 5) is 11.4. The number of nitrogens with zero attached hydrogens (tertiary/aromatic N) is 1. The fourth-order valence-corrected chi connectivity index (χ4v) is 2.37.